The second-order valence-electron chi connectivity index (χ2n) is 8.95. The van der Waals surface area contributed by atoms with Crippen LogP contribution in [-0.4, -0.2) is 63.8 Å². The molecule has 37 heavy (non-hydrogen) atoms. The summed E-state index contributed by atoms with van der Waals surface area (Å²) in [6, 6.07) is 6.94. The summed E-state index contributed by atoms with van der Waals surface area (Å²) in [4.78, 5) is 37.7. The van der Waals surface area contributed by atoms with E-state index in [1.54, 1.807) is 32.0 Å². The molecule has 15 heteroatoms. The van der Waals surface area contributed by atoms with E-state index < -0.39 is 73.6 Å². The first-order valence-electron chi connectivity index (χ1n) is 11.4. The van der Waals surface area contributed by atoms with Crippen molar-refractivity contribution in [1.82, 2.24) is 14.6 Å². The molecule has 2 saturated heterocycles. The van der Waals surface area contributed by atoms with Gasteiger partial charge in [-0.3, -0.25) is 23.7 Å². The number of rotatable bonds is 10. The van der Waals surface area contributed by atoms with Crippen molar-refractivity contribution in [1.29, 1.82) is 0 Å². The third-order valence-corrected chi connectivity index (χ3v) is 7.33. The topological polar surface area (TPSA) is 167 Å². The molecule has 0 amide bonds. The number of carbonyl (C=O) groups excluding carboxylic acids is 1. The van der Waals surface area contributed by atoms with Crippen LogP contribution in [0.4, 0.5) is 4.39 Å². The minimum Gasteiger partial charge on any atom is -0.462 e. The van der Waals surface area contributed by atoms with Gasteiger partial charge in [-0.15, -0.1) is 0 Å². The summed E-state index contributed by atoms with van der Waals surface area (Å²) in [6.45, 7) is 3.95. The van der Waals surface area contributed by atoms with E-state index in [4.69, 9.17) is 23.3 Å². The molecule has 0 spiro atoms. The fourth-order valence-electron chi connectivity index (χ4n) is 3.92. The standard InChI is InChI=1S/C22H27FN3O10P/c1-12(2)34-20(29)13(3)25-37(31,36-14-7-5-4-6-8-14)33-11-22-10-32-16(17(22)27)19(35-22)26-9-15(23)18(28)24-21(26)30/h4-9,12-13,16-17,19,27H,10-11H2,1-3H3,(H,25,31)(H,24,28,30)/t13-,16-,17+,19-,22-,37-/m1/s1. The van der Waals surface area contributed by atoms with Gasteiger partial charge in [0.1, 0.15) is 29.6 Å². The molecule has 202 valence electrons. The Labute approximate surface area is 210 Å². The molecule has 2 fully saturated rings. The van der Waals surface area contributed by atoms with Crippen LogP contribution in [0, 0.1) is 5.82 Å². The molecular weight excluding hydrogens is 516 g/mol. The van der Waals surface area contributed by atoms with Gasteiger partial charge >= 0.3 is 19.4 Å². The monoisotopic (exact) mass is 543 g/mol. The van der Waals surface area contributed by atoms with Crippen molar-refractivity contribution >= 4 is 13.7 Å². The smallest absolute Gasteiger partial charge is 0.459 e. The number of hydrogen-bond acceptors (Lipinski definition) is 10. The van der Waals surface area contributed by atoms with Crippen LogP contribution < -0.4 is 20.9 Å². The van der Waals surface area contributed by atoms with E-state index in [9.17, 15) is 28.4 Å². The van der Waals surface area contributed by atoms with Gasteiger partial charge in [-0.05, 0) is 32.9 Å². The van der Waals surface area contributed by atoms with Crippen LogP contribution >= 0.6 is 7.75 Å². The van der Waals surface area contributed by atoms with Crippen LogP contribution in [0.15, 0.2) is 46.1 Å². The molecule has 0 aliphatic carbocycles. The Bertz CT molecular complexity index is 1300. The molecule has 0 unspecified atom stereocenters. The summed E-state index contributed by atoms with van der Waals surface area (Å²) in [5.41, 5.74) is -3.81. The van der Waals surface area contributed by atoms with Crippen molar-refractivity contribution in [3.63, 3.8) is 0 Å². The molecule has 2 aromatic rings. The summed E-state index contributed by atoms with van der Waals surface area (Å²) in [7, 11) is -4.30. The van der Waals surface area contributed by atoms with Gasteiger partial charge in [-0.1, -0.05) is 18.2 Å². The van der Waals surface area contributed by atoms with Gasteiger partial charge in [-0.25, -0.2) is 9.36 Å². The number of hydrogen-bond donors (Lipinski definition) is 3. The van der Waals surface area contributed by atoms with Crippen molar-refractivity contribution in [2.24, 2.45) is 0 Å². The summed E-state index contributed by atoms with van der Waals surface area (Å²) in [5.74, 6) is -1.77. The zero-order valence-corrected chi connectivity index (χ0v) is 21.1. The first-order chi connectivity index (χ1) is 17.4. The minimum atomic E-state index is -4.30. The molecule has 3 N–H and O–H groups in total. The molecule has 2 aliphatic heterocycles. The lowest BCUT2D eigenvalue weighted by atomic mass is 10.0. The third kappa shape index (κ3) is 5.69. The quantitative estimate of drug-likeness (QED) is 0.287. The highest BCUT2D eigenvalue weighted by Gasteiger charge is 2.63. The van der Waals surface area contributed by atoms with Crippen molar-refractivity contribution in [3.8, 4) is 5.75 Å². The molecule has 4 rings (SSSR count). The highest BCUT2D eigenvalue weighted by molar-refractivity contribution is 7.52. The van der Waals surface area contributed by atoms with E-state index in [0.29, 0.717) is 6.20 Å². The van der Waals surface area contributed by atoms with Crippen molar-refractivity contribution in [2.45, 2.75) is 57.0 Å². The van der Waals surface area contributed by atoms with E-state index >= 15 is 0 Å². The normalized spacial score (nSPS) is 27.1. The van der Waals surface area contributed by atoms with Gasteiger partial charge in [0, 0.05) is 0 Å². The molecule has 1 aromatic heterocycles. The first kappa shape index (κ1) is 27.2. The lowest BCUT2D eigenvalue weighted by Crippen LogP contribution is -2.46. The lowest BCUT2D eigenvalue weighted by molar-refractivity contribution is -0.185. The number of aliphatic hydroxyl groups is 1. The molecule has 2 bridgehead atoms. The number of nitrogens with one attached hydrogen (secondary N) is 2. The van der Waals surface area contributed by atoms with Crippen LogP contribution in [0.3, 0.4) is 0 Å². The minimum absolute atomic E-state index is 0.168. The molecule has 2 aliphatic rings. The molecule has 0 radical (unpaired) electrons. The summed E-state index contributed by atoms with van der Waals surface area (Å²) in [5, 5.41) is 13.4. The number of benzene rings is 1. The number of carbonyl (C=O) groups is 1. The molecule has 6 atom stereocenters. The van der Waals surface area contributed by atoms with Crippen LogP contribution in [0.1, 0.15) is 27.0 Å². The van der Waals surface area contributed by atoms with E-state index in [1.165, 1.54) is 19.1 Å². The van der Waals surface area contributed by atoms with Crippen LogP contribution in [-0.2, 0) is 28.1 Å². The second-order valence-corrected chi connectivity index (χ2v) is 10.6. The Morgan fingerprint density at radius 3 is 2.70 bits per heavy atom. The maximum absolute atomic E-state index is 13.8. The van der Waals surface area contributed by atoms with Gasteiger partial charge in [0.15, 0.2) is 6.23 Å². The predicted molar refractivity (Wildman–Crippen MR) is 124 cm³/mol. The number of nitrogens with zero attached hydrogens (tertiary/aromatic N) is 1. The lowest BCUT2D eigenvalue weighted by Gasteiger charge is -2.32. The Balaban J connectivity index is 1.55. The fraction of sp³-hybridized carbons (Fsp3) is 0.500. The molecule has 13 nitrogen and oxygen atoms in total. The number of aliphatic hydroxyl groups excluding tert-OH is 1. The van der Waals surface area contributed by atoms with Gasteiger partial charge in [0.05, 0.1) is 25.5 Å². The van der Waals surface area contributed by atoms with E-state index in [2.05, 4.69) is 5.09 Å². The highest BCUT2D eigenvalue weighted by Crippen LogP contribution is 2.50. The molecule has 0 saturated carbocycles. The Hall–Kier alpha value is -2.87. The third-order valence-electron chi connectivity index (χ3n) is 5.71. The second kappa shape index (κ2) is 10.5. The average Bonchev–Trinajstić information content (AvgIpc) is 3.29. The van der Waals surface area contributed by atoms with Gasteiger partial charge in [0.25, 0.3) is 5.56 Å². The average molecular weight is 543 g/mol. The van der Waals surface area contributed by atoms with E-state index in [0.717, 1.165) is 4.57 Å². The van der Waals surface area contributed by atoms with Crippen molar-refractivity contribution < 1.29 is 42.1 Å². The van der Waals surface area contributed by atoms with Gasteiger partial charge in [-0.2, -0.15) is 9.48 Å². The summed E-state index contributed by atoms with van der Waals surface area (Å²) in [6.07, 6.45) is -3.58. The van der Waals surface area contributed by atoms with Crippen LogP contribution in [0.25, 0.3) is 0 Å². The SMILES string of the molecule is CC(C)OC(=O)[C@@H](C)N[P@@](=O)(OC[C@@]12CO[C@@H]([C@H](n3cc(F)c(=O)[nH]c3=O)O1)[C@@H]2O)Oc1ccccc1. The van der Waals surface area contributed by atoms with E-state index in [-0.39, 0.29) is 12.4 Å². The van der Waals surface area contributed by atoms with Gasteiger partial charge < -0.3 is 23.8 Å². The number of aromatic amines is 1. The predicted octanol–water partition coefficient (Wildman–Crippen LogP) is 0.836. The number of esters is 1. The molecule has 1 aromatic carbocycles. The van der Waals surface area contributed by atoms with Crippen LogP contribution in [0.5, 0.6) is 5.75 Å². The first-order valence-corrected chi connectivity index (χ1v) is 12.9. The van der Waals surface area contributed by atoms with E-state index in [1.807, 2.05) is 4.98 Å². The Morgan fingerprint density at radius 2 is 2.03 bits per heavy atom. The summed E-state index contributed by atoms with van der Waals surface area (Å²) < 4.78 is 56.0. The van der Waals surface area contributed by atoms with Crippen LogP contribution in [0.2, 0.25) is 0 Å². The number of fused-ring (bicyclic) bond motifs is 2. The Kier molecular flexibility index (Phi) is 7.70. The largest absolute Gasteiger partial charge is 0.462 e. The molecular formula is C22H27FN3O10P. The highest BCUT2D eigenvalue weighted by atomic mass is 31.2. The van der Waals surface area contributed by atoms with Gasteiger partial charge in [0.2, 0.25) is 5.82 Å². The maximum atomic E-state index is 13.8. The zero-order valence-electron chi connectivity index (χ0n) is 20.2. The number of halogens is 1. The number of aromatic nitrogens is 2. The Morgan fingerprint density at radius 1 is 1.32 bits per heavy atom. The number of para-hydroxylation sites is 1. The fourth-order valence-corrected chi connectivity index (χ4v) is 5.46. The zero-order chi connectivity index (χ0) is 27.0. The van der Waals surface area contributed by atoms with Crippen molar-refractivity contribution in [2.75, 3.05) is 13.2 Å². The maximum Gasteiger partial charge on any atom is 0.459 e. The number of ether oxygens (including phenoxy) is 3. The van der Waals surface area contributed by atoms with Crippen molar-refractivity contribution in [3.05, 3.63) is 63.2 Å². The molecule has 3 heterocycles. The summed E-state index contributed by atoms with van der Waals surface area (Å²) >= 11 is 0. The number of H-pyrrole nitrogens is 1.